The lowest BCUT2D eigenvalue weighted by Crippen LogP contribution is -2.33. The molecule has 0 N–H and O–H groups in total. The van der Waals surface area contributed by atoms with Gasteiger partial charge < -0.3 is 4.42 Å². The van der Waals surface area contributed by atoms with Crippen LogP contribution in [0.1, 0.15) is 36.1 Å². The van der Waals surface area contributed by atoms with Crippen LogP contribution in [-0.2, 0) is 13.5 Å². The normalized spacial score (nSPS) is 11.7. The van der Waals surface area contributed by atoms with Crippen molar-refractivity contribution in [3.05, 3.63) is 76.9 Å². The highest BCUT2D eigenvalue weighted by Crippen LogP contribution is 2.41. The minimum absolute atomic E-state index is 0.550. The zero-order valence-corrected chi connectivity index (χ0v) is 19.3. The molecule has 0 aliphatic rings. The first kappa shape index (κ1) is 20.3. The number of para-hydroxylation sites is 2. The summed E-state index contributed by atoms with van der Waals surface area (Å²) in [6, 6.07) is 21.4. The Balaban J connectivity index is 1.97. The van der Waals surface area contributed by atoms with E-state index in [1.807, 2.05) is 24.3 Å². The summed E-state index contributed by atoms with van der Waals surface area (Å²) in [4.78, 5) is 0. The van der Waals surface area contributed by atoms with Gasteiger partial charge in [-0.05, 0) is 55.0 Å². The van der Waals surface area contributed by atoms with Crippen molar-refractivity contribution in [3.8, 4) is 17.3 Å². The summed E-state index contributed by atoms with van der Waals surface area (Å²) < 4.78 is 8.70. The van der Waals surface area contributed by atoms with Gasteiger partial charge in [0.15, 0.2) is 5.58 Å². The molecule has 0 aliphatic heterocycles. The average molecular weight is 420 g/mol. The minimum Gasteiger partial charge on any atom is -0.455 e. The first-order valence-electron chi connectivity index (χ1n) is 11.2. The monoisotopic (exact) mass is 419 g/mol. The maximum atomic E-state index is 10.0. The summed E-state index contributed by atoms with van der Waals surface area (Å²) in [5, 5.41) is 13.2. The molecule has 0 saturated carbocycles. The Morgan fingerprint density at radius 3 is 2.38 bits per heavy atom. The quantitative estimate of drug-likeness (QED) is 0.298. The van der Waals surface area contributed by atoms with Crippen LogP contribution >= 0.6 is 0 Å². The lowest BCUT2D eigenvalue weighted by molar-refractivity contribution is -0.633. The van der Waals surface area contributed by atoms with Crippen molar-refractivity contribution >= 4 is 32.8 Å². The van der Waals surface area contributed by atoms with E-state index < -0.39 is 0 Å². The zero-order chi connectivity index (χ0) is 22.6. The third-order valence-corrected chi connectivity index (χ3v) is 6.66. The van der Waals surface area contributed by atoms with Gasteiger partial charge >= 0.3 is 0 Å². The van der Waals surface area contributed by atoms with E-state index in [-0.39, 0.29) is 0 Å². The summed E-state index contributed by atoms with van der Waals surface area (Å²) in [5.74, 6) is 0.550. The van der Waals surface area contributed by atoms with E-state index in [0.717, 1.165) is 50.7 Å². The molecule has 3 nitrogen and oxygen atoms in total. The standard InChI is InChI=1S/C29H27N2O/c1-17(2)14-20-15-25(31(5)24-12-8-6-10-21(20)24)27-19(4)18(3)23(16-30)28-22-11-7-9-13-26(22)32-29(27)28/h6-13,15,17H,14H2,1-5H3/q+1. The molecule has 158 valence electrons. The van der Waals surface area contributed by atoms with Gasteiger partial charge in [0.2, 0.25) is 11.2 Å². The van der Waals surface area contributed by atoms with Gasteiger partial charge in [-0.25, -0.2) is 0 Å². The van der Waals surface area contributed by atoms with Crippen molar-refractivity contribution in [2.24, 2.45) is 13.0 Å². The Kier molecular flexibility index (Phi) is 4.75. The van der Waals surface area contributed by atoms with Crippen molar-refractivity contribution in [1.29, 1.82) is 5.26 Å². The highest BCUT2D eigenvalue weighted by Gasteiger charge is 2.27. The molecule has 0 spiro atoms. The molecule has 0 aliphatic carbocycles. The summed E-state index contributed by atoms with van der Waals surface area (Å²) >= 11 is 0. The fraction of sp³-hybridized carbons (Fsp3) is 0.241. The molecular weight excluding hydrogens is 392 g/mol. The van der Waals surface area contributed by atoms with E-state index >= 15 is 0 Å². The molecule has 0 fully saturated rings. The van der Waals surface area contributed by atoms with Crippen LogP contribution in [0.25, 0.3) is 44.1 Å². The second kappa shape index (κ2) is 7.50. The summed E-state index contributed by atoms with van der Waals surface area (Å²) in [7, 11) is 2.12. The minimum atomic E-state index is 0.550. The highest BCUT2D eigenvalue weighted by atomic mass is 16.3. The van der Waals surface area contributed by atoms with Crippen molar-refractivity contribution in [3.63, 3.8) is 0 Å². The maximum absolute atomic E-state index is 10.0. The SMILES string of the molecule is Cc1c(C)c(C#N)c2c(oc3ccccc32)c1-c1cc(CC(C)C)c2ccccc2[n+]1C. The third kappa shape index (κ3) is 2.91. The van der Waals surface area contributed by atoms with Gasteiger partial charge in [-0.2, -0.15) is 9.83 Å². The number of hydrogen-bond donors (Lipinski definition) is 0. The molecule has 2 heterocycles. The van der Waals surface area contributed by atoms with Crippen LogP contribution in [0.15, 0.2) is 59.0 Å². The fourth-order valence-corrected chi connectivity index (χ4v) is 5.01. The number of aromatic nitrogens is 1. The fourth-order valence-electron chi connectivity index (χ4n) is 5.01. The summed E-state index contributed by atoms with van der Waals surface area (Å²) in [6.45, 7) is 8.68. The molecule has 2 aromatic heterocycles. The van der Waals surface area contributed by atoms with Gasteiger partial charge in [-0.1, -0.05) is 44.2 Å². The molecular formula is C29H27N2O+. The van der Waals surface area contributed by atoms with E-state index in [1.54, 1.807) is 0 Å². The number of furan rings is 1. The Morgan fingerprint density at radius 1 is 0.969 bits per heavy atom. The van der Waals surface area contributed by atoms with Crippen LogP contribution < -0.4 is 4.57 Å². The van der Waals surface area contributed by atoms with Crippen LogP contribution in [0, 0.1) is 31.1 Å². The van der Waals surface area contributed by atoms with E-state index in [9.17, 15) is 5.26 Å². The second-order valence-corrected chi connectivity index (χ2v) is 9.14. The molecule has 5 aromatic rings. The predicted octanol–water partition coefficient (Wildman–Crippen LogP) is 6.92. The number of benzene rings is 3. The van der Waals surface area contributed by atoms with Crippen LogP contribution in [0.4, 0.5) is 0 Å². The smallest absolute Gasteiger partial charge is 0.217 e. The van der Waals surface area contributed by atoms with E-state index in [0.29, 0.717) is 11.5 Å². The van der Waals surface area contributed by atoms with E-state index in [4.69, 9.17) is 4.42 Å². The number of pyridine rings is 1. The Labute approximate surface area is 188 Å². The Morgan fingerprint density at radius 2 is 1.66 bits per heavy atom. The topological polar surface area (TPSA) is 40.8 Å². The molecule has 0 radical (unpaired) electrons. The molecule has 3 aromatic carbocycles. The molecule has 0 amide bonds. The number of hydrogen-bond acceptors (Lipinski definition) is 2. The van der Waals surface area contributed by atoms with Crippen LogP contribution in [0.2, 0.25) is 0 Å². The predicted molar refractivity (Wildman–Crippen MR) is 131 cm³/mol. The van der Waals surface area contributed by atoms with Gasteiger partial charge in [-0.15, -0.1) is 0 Å². The number of nitrogens with zero attached hydrogens (tertiary/aromatic N) is 2. The first-order valence-corrected chi connectivity index (χ1v) is 11.2. The number of nitriles is 1. The largest absolute Gasteiger partial charge is 0.455 e. The van der Waals surface area contributed by atoms with Crippen molar-refractivity contribution in [2.45, 2.75) is 34.1 Å². The summed E-state index contributed by atoms with van der Waals surface area (Å²) in [5.41, 5.74) is 9.16. The van der Waals surface area contributed by atoms with Gasteiger partial charge in [0, 0.05) is 28.3 Å². The third-order valence-electron chi connectivity index (χ3n) is 6.66. The number of fused-ring (bicyclic) bond motifs is 4. The molecule has 3 heteroatoms. The van der Waals surface area contributed by atoms with E-state index in [2.05, 4.69) is 75.7 Å². The molecule has 32 heavy (non-hydrogen) atoms. The van der Waals surface area contributed by atoms with Gasteiger partial charge in [0.1, 0.15) is 18.7 Å². The molecule has 5 rings (SSSR count). The van der Waals surface area contributed by atoms with Gasteiger partial charge in [0.05, 0.1) is 11.1 Å². The molecule has 0 unspecified atom stereocenters. The van der Waals surface area contributed by atoms with Crippen LogP contribution in [-0.4, -0.2) is 0 Å². The second-order valence-electron chi connectivity index (χ2n) is 9.14. The molecule has 0 atom stereocenters. The van der Waals surface area contributed by atoms with Crippen molar-refractivity contribution < 1.29 is 8.98 Å². The average Bonchev–Trinajstić information content (AvgIpc) is 3.16. The zero-order valence-electron chi connectivity index (χ0n) is 19.3. The van der Waals surface area contributed by atoms with Gasteiger partial charge in [-0.3, -0.25) is 0 Å². The Bertz CT molecular complexity index is 1560. The number of rotatable bonds is 3. The molecule has 0 saturated heterocycles. The first-order chi connectivity index (χ1) is 15.4. The molecule has 0 bridgehead atoms. The Hall–Kier alpha value is -3.64. The summed E-state index contributed by atoms with van der Waals surface area (Å²) in [6.07, 6.45) is 1.01. The highest BCUT2D eigenvalue weighted by molar-refractivity contribution is 6.13. The number of aryl methyl sites for hydroxylation is 1. The van der Waals surface area contributed by atoms with Crippen molar-refractivity contribution in [2.75, 3.05) is 0 Å². The van der Waals surface area contributed by atoms with Crippen LogP contribution in [0.5, 0.6) is 0 Å². The maximum Gasteiger partial charge on any atom is 0.217 e. The lowest BCUT2D eigenvalue weighted by Gasteiger charge is -2.14. The van der Waals surface area contributed by atoms with E-state index in [1.165, 1.54) is 16.5 Å². The van der Waals surface area contributed by atoms with Gasteiger partial charge in [0.25, 0.3) is 0 Å². The lowest BCUT2D eigenvalue weighted by atomic mass is 9.90. The van der Waals surface area contributed by atoms with Crippen LogP contribution in [0.3, 0.4) is 0 Å². The van der Waals surface area contributed by atoms with Crippen molar-refractivity contribution in [1.82, 2.24) is 0 Å².